The van der Waals surface area contributed by atoms with Crippen molar-refractivity contribution in [2.75, 3.05) is 39.5 Å². The molecule has 20 heavy (non-hydrogen) atoms. The number of aryl methyl sites for hydroxylation is 1. The molecule has 0 atom stereocenters. The van der Waals surface area contributed by atoms with E-state index in [-0.39, 0.29) is 5.69 Å². The lowest BCUT2D eigenvalue weighted by Gasteiger charge is -2.23. The molecule has 1 aromatic carbocycles. The fraction of sp³-hybridized carbons (Fsp3) is 0.571. The molecule has 2 rings (SSSR count). The van der Waals surface area contributed by atoms with E-state index in [1.54, 1.807) is 12.1 Å². The Bertz CT molecular complexity index is 458. The lowest BCUT2D eigenvalue weighted by atomic mass is 10.2. The molecule has 1 aromatic rings. The zero-order valence-corrected chi connectivity index (χ0v) is 11.8. The average molecular weight is 281 g/mol. The molecule has 6 nitrogen and oxygen atoms in total. The van der Waals surface area contributed by atoms with Crippen molar-refractivity contribution in [3.8, 4) is 5.75 Å². The number of morpholine rings is 1. The van der Waals surface area contributed by atoms with Crippen molar-refractivity contribution >= 4 is 5.69 Å². The van der Waals surface area contributed by atoms with Crippen LogP contribution in [-0.2, 0) is 4.74 Å². The number of hydrogen-bond donors (Lipinski definition) is 1. The molecule has 0 aliphatic carbocycles. The van der Waals surface area contributed by atoms with Gasteiger partial charge in [-0.05, 0) is 18.6 Å². The van der Waals surface area contributed by atoms with Crippen LogP contribution in [0.25, 0.3) is 0 Å². The highest BCUT2D eigenvalue weighted by Crippen LogP contribution is 2.27. The molecule has 1 N–H and O–H groups in total. The van der Waals surface area contributed by atoms with Gasteiger partial charge in [-0.3, -0.25) is 10.1 Å². The number of benzene rings is 1. The van der Waals surface area contributed by atoms with Crippen molar-refractivity contribution in [2.45, 2.75) is 13.3 Å². The fourth-order valence-corrected chi connectivity index (χ4v) is 2.30. The normalized spacial score (nSPS) is 16.1. The Labute approximate surface area is 118 Å². The Morgan fingerprint density at radius 2 is 2.15 bits per heavy atom. The summed E-state index contributed by atoms with van der Waals surface area (Å²) in [5, 5.41) is 10.9. The maximum atomic E-state index is 10.9. The van der Waals surface area contributed by atoms with Gasteiger partial charge in [0.15, 0.2) is 5.75 Å². The molecule has 0 bridgehead atoms. The third kappa shape index (κ3) is 4.18. The Morgan fingerprint density at radius 3 is 2.85 bits per heavy atom. The van der Waals surface area contributed by atoms with Crippen LogP contribution in [0, 0.1) is 17.0 Å². The highest BCUT2D eigenvalue weighted by Gasteiger charge is 2.16. The lowest BCUT2D eigenvalue weighted by molar-refractivity contribution is -0.908. The van der Waals surface area contributed by atoms with Crippen LogP contribution in [0.15, 0.2) is 18.2 Å². The highest BCUT2D eigenvalue weighted by molar-refractivity contribution is 5.48. The molecular formula is C14H21N2O4+. The smallest absolute Gasteiger partial charge is 0.310 e. The van der Waals surface area contributed by atoms with Gasteiger partial charge in [-0.2, -0.15) is 0 Å². The van der Waals surface area contributed by atoms with E-state index >= 15 is 0 Å². The molecule has 1 aliphatic heterocycles. The second-order valence-electron chi connectivity index (χ2n) is 5.04. The van der Waals surface area contributed by atoms with E-state index in [9.17, 15) is 10.1 Å². The number of nitro benzene ring substituents is 1. The van der Waals surface area contributed by atoms with Gasteiger partial charge < -0.3 is 14.4 Å². The van der Waals surface area contributed by atoms with Gasteiger partial charge in [-0.1, -0.05) is 6.07 Å². The third-order valence-corrected chi connectivity index (χ3v) is 3.44. The van der Waals surface area contributed by atoms with Crippen LogP contribution < -0.4 is 9.64 Å². The van der Waals surface area contributed by atoms with Crippen LogP contribution >= 0.6 is 0 Å². The number of quaternary nitrogens is 1. The average Bonchev–Trinajstić information content (AvgIpc) is 2.44. The Balaban J connectivity index is 1.81. The highest BCUT2D eigenvalue weighted by atomic mass is 16.6. The van der Waals surface area contributed by atoms with Gasteiger partial charge in [-0.25, -0.2) is 0 Å². The first kappa shape index (κ1) is 14.7. The van der Waals surface area contributed by atoms with E-state index < -0.39 is 4.92 Å². The monoisotopic (exact) mass is 281 g/mol. The van der Waals surface area contributed by atoms with Crippen molar-refractivity contribution in [3.63, 3.8) is 0 Å². The van der Waals surface area contributed by atoms with Crippen molar-refractivity contribution in [2.24, 2.45) is 0 Å². The molecule has 6 heteroatoms. The van der Waals surface area contributed by atoms with Crippen LogP contribution in [-0.4, -0.2) is 44.4 Å². The second-order valence-corrected chi connectivity index (χ2v) is 5.04. The first-order valence-corrected chi connectivity index (χ1v) is 6.96. The number of hydrogen-bond acceptors (Lipinski definition) is 4. The predicted molar refractivity (Wildman–Crippen MR) is 74.3 cm³/mol. The largest absolute Gasteiger partial charge is 0.487 e. The van der Waals surface area contributed by atoms with E-state index in [0.29, 0.717) is 12.4 Å². The van der Waals surface area contributed by atoms with Crippen molar-refractivity contribution in [1.82, 2.24) is 0 Å². The summed E-state index contributed by atoms with van der Waals surface area (Å²) in [4.78, 5) is 12.0. The van der Waals surface area contributed by atoms with Gasteiger partial charge >= 0.3 is 5.69 Å². The molecule has 0 aromatic heterocycles. The summed E-state index contributed by atoms with van der Waals surface area (Å²) in [5.41, 5.74) is 0.999. The number of nitrogens with one attached hydrogen (secondary N) is 1. The van der Waals surface area contributed by atoms with Crippen LogP contribution in [0.4, 0.5) is 5.69 Å². The summed E-state index contributed by atoms with van der Waals surface area (Å²) < 4.78 is 10.9. The van der Waals surface area contributed by atoms with E-state index in [1.807, 2.05) is 6.92 Å². The molecule has 1 aliphatic rings. The predicted octanol–water partition coefficient (Wildman–Crippen LogP) is 0.587. The SMILES string of the molecule is Cc1ccc([N+](=O)[O-])c(OCCC[NH+]2CCOCC2)c1. The summed E-state index contributed by atoms with van der Waals surface area (Å²) in [6, 6.07) is 4.94. The minimum absolute atomic E-state index is 0.0364. The van der Waals surface area contributed by atoms with Crippen LogP contribution in [0.3, 0.4) is 0 Å². The standard InChI is InChI=1S/C14H20N2O4/c1-12-3-4-13(16(17)18)14(11-12)20-8-2-5-15-6-9-19-10-7-15/h3-4,11H,2,5-10H2,1H3/p+1. The van der Waals surface area contributed by atoms with Gasteiger partial charge in [0.1, 0.15) is 13.1 Å². The minimum atomic E-state index is -0.401. The summed E-state index contributed by atoms with van der Waals surface area (Å²) >= 11 is 0. The Morgan fingerprint density at radius 1 is 1.40 bits per heavy atom. The Kier molecular flexibility index (Phi) is 5.31. The molecule has 0 unspecified atom stereocenters. The molecule has 0 amide bonds. The van der Waals surface area contributed by atoms with Gasteiger partial charge in [0, 0.05) is 12.5 Å². The maximum absolute atomic E-state index is 10.9. The minimum Gasteiger partial charge on any atom is -0.487 e. The molecule has 1 fully saturated rings. The quantitative estimate of drug-likeness (QED) is 0.471. The van der Waals surface area contributed by atoms with Crippen molar-refractivity contribution in [3.05, 3.63) is 33.9 Å². The van der Waals surface area contributed by atoms with Gasteiger partial charge in [0.2, 0.25) is 0 Å². The van der Waals surface area contributed by atoms with Crippen LogP contribution in [0.2, 0.25) is 0 Å². The summed E-state index contributed by atoms with van der Waals surface area (Å²) in [6.07, 6.45) is 0.889. The summed E-state index contributed by atoms with van der Waals surface area (Å²) in [6.45, 7) is 7.13. The number of nitrogens with zero attached hydrogens (tertiary/aromatic N) is 1. The van der Waals surface area contributed by atoms with E-state index in [2.05, 4.69) is 0 Å². The topological polar surface area (TPSA) is 66.0 Å². The zero-order valence-electron chi connectivity index (χ0n) is 11.8. The third-order valence-electron chi connectivity index (χ3n) is 3.44. The fourth-order valence-electron chi connectivity index (χ4n) is 2.30. The first-order valence-electron chi connectivity index (χ1n) is 6.96. The lowest BCUT2D eigenvalue weighted by Crippen LogP contribution is -3.14. The van der Waals surface area contributed by atoms with E-state index in [4.69, 9.17) is 9.47 Å². The molecule has 0 spiro atoms. The first-order chi connectivity index (χ1) is 9.66. The number of rotatable bonds is 6. The molecule has 0 radical (unpaired) electrons. The molecule has 1 saturated heterocycles. The molecule has 1 heterocycles. The van der Waals surface area contributed by atoms with Crippen molar-refractivity contribution < 1.29 is 19.3 Å². The maximum Gasteiger partial charge on any atom is 0.310 e. The Hall–Kier alpha value is -1.66. The second kappa shape index (κ2) is 7.21. The zero-order chi connectivity index (χ0) is 14.4. The van der Waals surface area contributed by atoms with Gasteiger partial charge in [0.25, 0.3) is 0 Å². The van der Waals surface area contributed by atoms with Crippen molar-refractivity contribution in [1.29, 1.82) is 0 Å². The van der Waals surface area contributed by atoms with E-state index in [1.165, 1.54) is 11.0 Å². The van der Waals surface area contributed by atoms with Crippen LogP contribution in [0.5, 0.6) is 5.75 Å². The molecule has 110 valence electrons. The van der Waals surface area contributed by atoms with Gasteiger partial charge in [-0.15, -0.1) is 0 Å². The number of ether oxygens (including phenoxy) is 2. The van der Waals surface area contributed by atoms with E-state index in [0.717, 1.165) is 44.8 Å². The summed E-state index contributed by atoms with van der Waals surface area (Å²) in [7, 11) is 0. The molecular weight excluding hydrogens is 260 g/mol. The summed E-state index contributed by atoms with van der Waals surface area (Å²) in [5.74, 6) is 0.368. The van der Waals surface area contributed by atoms with Crippen LogP contribution in [0.1, 0.15) is 12.0 Å². The molecule has 0 saturated carbocycles. The van der Waals surface area contributed by atoms with Gasteiger partial charge in [0.05, 0.1) is 31.3 Å². The number of nitro groups is 1.